The maximum Gasteiger partial charge on any atom is 0.338 e. The van der Waals surface area contributed by atoms with Gasteiger partial charge in [0, 0.05) is 17.8 Å². The maximum atomic E-state index is 11.9. The average molecular weight is 330 g/mol. The zero-order valence-electron chi connectivity index (χ0n) is 12.7. The third kappa shape index (κ3) is 4.54. The monoisotopic (exact) mass is 330 g/mol. The van der Waals surface area contributed by atoms with Crippen molar-refractivity contribution in [1.82, 2.24) is 0 Å². The van der Waals surface area contributed by atoms with Crippen LogP contribution in [0.1, 0.15) is 10.4 Å². The second-order valence-electron chi connectivity index (χ2n) is 4.66. The summed E-state index contributed by atoms with van der Waals surface area (Å²) in [5, 5.41) is 13.0. The van der Waals surface area contributed by atoms with Crippen molar-refractivity contribution in [3.8, 4) is 5.75 Å². The highest BCUT2D eigenvalue weighted by Crippen LogP contribution is 2.16. The van der Waals surface area contributed by atoms with E-state index >= 15 is 0 Å². The van der Waals surface area contributed by atoms with Gasteiger partial charge < -0.3 is 14.8 Å². The van der Waals surface area contributed by atoms with E-state index in [1.54, 1.807) is 18.2 Å². The highest BCUT2D eigenvalue weighted by Gasteiger charge is 2.12. The number of nitro benzene ring substituents is 1. The van der Waals surface area contributed by atoms with Crippen LogP contribution in [0.3, 0.4) is 0 Å². The topological polar surface area (TPSA) is 108 Å². The summed E-state index contributed by atoms with van der Waals surface area (Å²) >= 11 is 0. The van der Waals surface area contributed by atoms with Gasteiger partial charge in [-0.2, -0.15) is 0 Å². The fourth-order valence-corrected chi connectivity index (χ4v) is 1.83. The van der Waals surface area contributed by atoms with Gasteiger partial charge in [-0.1, -0.05) is 6.07 Å². The van der Waals surface area contributed by atoms with Crippen molar-refractivity contribution < 1.29 is 24.0 Å². The predicted octanol–water partition coefficient (Wildman–Crippen LogP) is 2.40. The number of anilines is 1. The van der Waals surface area contributed by atoms with E-state index in [1.807, 2.05) is 0 Å². The van der Waals surface area contributed by atoms with E-state index < -0.39 is 23.4 Å². The van der Waals surface area contributed by atoms with Gasteiger partial charge in [-0.15, -0.1) is 0 Å². The van der Waals surface area contributed by atoms with E-state index in [9.17, 15) is 19.7 Å². The number of carbonyl (C=O) groups is 2. The first kappa shape index (κ1) is 16.9. The second kappa shape index (κ2) is 7.73. The number of hydrogen-bond acceptors (Lipinski definition) is 6. The Labute approximate surface area is 137 Å². The van der Waals surface area contributed by atoms with Crippen LogP contribution in [-0.4, -0.2) is 30.5 Å². The summed E-state index contributed by atoms with van der Waals surface area (Å²) in [5.41, 5.74) is 0.540. The fourth-order valence-electron chi connectivity index (χ4n) is 1.83. The van der Waals surface area contributed by atoms with Crippen LogP contribution in [0.25, 0.3) is 0 Å². The minimum atomic E-state index is -0.659. The summed E-state index contributed by atoms with van der Waals surface area (Å²) in [6.45, 7) is -0.479. The lowest BCUT2D eigenvalue weighted by molar-refractivity contribution is -0.384. The van der Waals surface area contributed by atoms with E-state index in [1.165, 1.54) is 37.4 Å². The molecule has 8 nitrogen and oxygen atoms in total. The van der Waals surface area contributed by atoms with Crippen LogP contribution in [0.5, 0.6) is 5.75 Å². The van der Waals surface area contributed by atoms with Crippen molar-refractivity contribution in [2.75, 3.05) is 19.0 Å². The second-order valence-corrected chi connectivity index (χ2v) is 4.66. The molecule has 24 heavy (non-hydrogen) atoms. The van der Waals surface area contributed by atoms with E-state index in [-0.39, 0.29) is 11.3 Å². The normalized spacial score (nSPS) is 9.88. The first-order valence-electron chi connectivity index (χ1n) is 6.85. The Hall–Kier alpha value is -3.42. The molecule has 0 aliphatic rings. The predicted molar refractivity (Wildman–Crippen MR) is 85.0 cm³/mol. The molecule has 0 saturated heterocycles. The third-order valence-corrected chi connectivity index (χ3v) is 3.00. The number of hydrogen-bond donors (Lipinski definition) is 1. The lowest BCUT2D eigenvalue weighted by atomic mass is 10.2. The Morgan fingerprint density at radius 3 is 2.50 bits per heavy atom. The molecule has 2 aromatic rings. The summed E-state index contributed by atoms with van der Waals surface area (Å²) in [6, 6.07) is 11.6. The summed E-state index contributed by atoms with van der Waals surface area (Å²) in [4.78, 5) is 33.6. The zero-order chi connectivity index (χ0) is 17.5. The van der Waals surface area contributed by atoms with Crippen LogP contribution in [0.4, 0.5) is 11.4 Å². The molecule has 1 amide bonds. The molecule has 0 fully saturated rings. The Balaban J connectivity index is 1.88. The molecule has 0 saturated carbocycles. The quantitative estimate of drug-likeness (QED) is 0.495. The smallest absolute Gasteiger partial charge is 0.338 e. The molecule has 0 radical (unpaired) electrons. The fraction of sp³-hybridized carbons (Fsp3) is 0.125. The summed E-state index contributed by atoms with van der Waals surface area (Å²) < 4.78 is 9.91. The van der Waals surface area contributed by atoms with Gasteiger partial charge in [-0.3, -0.25) is 14.9 Å². The third-order valence-electron chi connectivity index (χ3n) is 3.00. The molecule has 8 heteroatoms. The largest absolute Gasteiger partial charge is 0.497 e. The number of nitrogens with zero attached hydrogens (tertiary/aromatic N) is 1. The van der Waals surface area contributed by atoms with Gasteiger partial charge in [0.25, 0.3) is 11.6 Å². The maximum absolute atomic E-state index is 11.9. The molecule has 0 aliphatic heterocycles. The Bertz CT molecular complexity index is 757. The Morgan fingerprint density at radius 2 is 1.88 bits per heavy atom. The Morgan fingerprint density at radius 1 is 1.17 bits per heavy atom. The van der Waals surface area contributed by atoms with Gasteiger partial charge in [0.05, 0.1) is 17.6 Å². The number of carbonyl (C=O) groups excluding carboxylic acids is 2. The number of non-ortho nitro benzene ring substituents is 1. The number of nitrogens with one attached hydrogen (secondary N) is 1. The molecule has 0 aliphatic carbocycles. The number of nitro groups is 1. The molecule has 0 spiro atoms. The highest BCUT2D eigenvalue weighted by molar-refractivity contribution is 5.95. The van der Waals surface area contributed by atoms with Crippen LogP contribution < -0.4 is 10.1 Å². The first-order valence-corrected chi connectivity index (χ1v) is 6.85. The molecule has 0 aromatic heterocycles. The van der Waals surface area contributed by atoms with Gasteiger partial charge >= 0.3 is 5.97 Å². The van der Waals surface area contributed by atoms with Crippen LogP contribution in [-0.2, 0) is 9.53 Å². The van der Waals surface area contributed by atoms with Crippen molar-refractivity contribution in [2.24, 2.45) is 0 Å². The molecule has 0 unspecified atom stereocenters. The lowest BCUT2D eigenvalue weighted by Crippen LogP contribution is -2.20. The average Bonchev–Trinajstić information content (AvgIpc) is 2.60. The van der Waals surface area contributed by atoms with Gasteiger partial charge in [-0.25, -0.2) is 4.79 Å². The number of ether oxygens (including phenoxy) is 2. The minimum absolute atomic E-state index is 0.0857. The molecule has 1 N–H and O–H groups in total. The number of rotatable bonds is 6. The van der Waals surface area contributed by atoms with E-state index in [0.717, 1.165) is 0 Å². The van der Waals surface area contributed by atoms with Gasteiger partial charge in [0.15, 0.2) is 6.61 Å². The molecule has 0 bridgehead atoms. The van der Waals surface area contributed by atoms with Crippen molar-refractivity contribution in [1.29, 1.82) is 0 Å². The molecule has 2 rings (SSSR count). The van der Waals surface area contributed by atoms with Crippen LogP contribution >= 0.6 is 0 Å². The number of benzene rings is 2. The van der Waals surface area contributed by atoms with Crippen LogP contribution in [0.15, 0.2) is 48.5 Å². The number of esters is 1. The van der Waals surface area contributed by atoms with Crippen LogP contribution in [0, 0.1) is 10.1 Å². The molecule has 0 heterocycles. The number of methoxy groups -OCH3 is 1. The summed E-state index contributed by atoms with van der Waals surface area (Å²) in [7, 11) is 1.47. The minimum Gasteiger partial charge on any atom is -0.497 e. The first-order chi connectivity index (χ1) is 11.5. The molecule has 0 atom stereocenters. The highest BCUT2D eigenvalue weighted by atomic mass is 16.6. The van der Waals surface area contributed by atoms with Gasteiger partial charge in [0.2, 0.25) is 0 Å². The molecule has 2 aromatic carbocycles. The standard InChI is InChI=1S/C16H14N2O6/c1-23-14-4-2-3-11(9-14)16(20)24-10-15(19)17-12-5-7-13(8-6-12)18(21)22/h2-9H,10H2,1H3,(H,17,19). The van der Waals surface area contributed by atoms with Crippen molar-refractivity contribution in [2.45, 2.75) is 0 Å². The molecule has 124 valence electrons. The molecular formula is C16H14N2O6. The van der Waals surface area contributed by atoms with E-state index in [2.05, 4.69) is 5.32 Å². The summed E-state index contributed by atoms with van der Waals surface area (Å²) in [5.74, 6) is -0.715. The summed E-state index contributed by atoms with van der Waals surface area (Å²) in [6.07, 6.45) is 0. The van der Waals surface area contributed by atoms with Gasteiger partial charge in [-0.05, 0) is 30.3 Å². The SMILES string of the molecule is COc1cccc(C(=O)OCC(=O)Nc2ccc([N+](=O)[O-])cc2)c1. The molecular weight excluding hydrogens is 316 g/mol. The van der Waals surface area contributed by atoms with E-state index in [4.69, 9.17) is 9.47 Å². The zero-order valence-corrected chi connectivity index (χ0v) is 12.7. The van der Waals surface area contributed by atoms with E-state index in [0.29, 0.717) is 11.4 Å². The Kier molecular flexibility index (Phi) is 5.45. The lowest BCUT2D eigenvalue weighted by Gasteiger charge is -2.07. The number of amides is 1. The van der Waals surface area contributed by atoms with Crippen molar-refractivity contribution in [3.05, 3.63) is 64.2 Å². The van der Waals surface area contributed by atoms with Gasteiger partial charge in [0.1, 0.15) is 5.75 Å². The van der Waals surface area contributed by atoms with Crippen LogP contribution in [0.2, 0.25) is 0 Å². The van der Waals surface area contributed by atoms with Crippen molar-refractivity contribution >= 4 is 23.3 Å². The van der Waals surface area contributed by atoms with Crippen molar-refractivity contribution in [3.63, 3.8) is 0 Å².